The average Bonchev–Trinajstić information content (AvgIpc) is 2.97. The molecule has 24 heavy (non-hydrogen) atoms. The Morgan fingerprint density at radius 2 is 1.96 bits per heavy atom. The minimum atomic E-state index is -0.463. The summed E-state index contributed by atoms with van der Waals surface area (Å²) in [5, 5.41) is 3.39. The number of ether oxygens (including phenoxy) is 1. The van der Waals surface area contributed by atoms with Crippen LogP contribution < -0.4 is 10.2 Å². The number of fused-ring (bicyclic) bond motifs is 1. The Hall–Kier alpha value is -1.59. The van der Waals surface area contributed by atoms with Gasteiger partial charge in [0.2, 0.25) is 0 Å². The van der Waals surface area contributed by atoms with Gasteiger partial charge in [-0.05, 0) is 44.7 Å². The van der Waals surface area contributed by atoms with E-state index < -0.39 is 5.60 Å². The lowest BCUT2D eigenvalue weighted by atomic mass is 10.0. The van der Waals surface area contributed by atoms with E-state index in [1.807, 2.05) is 25.7 Å². The molecule has 1 saturated heterocycles. The predicted molar refractivity (Wildman–Crippen MR) is 96.7 cm³/mol. The number of carbonyl (C=O) groups is 1. The number of carbonyl (C=O) groups excluding carboxylic acids is 1. The van der Waals surface area contributed by atoms with Crippen LogP contribution in [0.5, 0.6) is 0 Å². The number of benzene rings is 1. The quantitative estimate of drug-likeness (QED) is 0.924. The SMILES string of the molecule is CC(C)(C)OC(=O)N1CCc2cccc(CCN3CCNCC3)c21. The number of hydrogen-bond donors (Lipinski definition) is 1. The van der Waals surface area contributed by atoms with Gasteiger partial charge in [0.25, 0.3) is 0 Å². The number of hydrogen-bond acceptors (Lipinski definition) is 4. The fourth-order valence-electron chi connectivity index (χ4n) is 3.45. The Labute approximate surface area is 145 Å². The molecule has 1 aromatic carbocycles. The van der Waals surface area contributed by atoms with Crippen LogP contribution in [-0.2, 0) is 17.6 Å². The molecule has 0 radical (unpaired) electrons. The molecule has 2 heterocycles. The van der Waals surface area contributed by atoms with Gasteiger partial charge in [0.05, 0.1) is 5.69 Å². The zero-order valence-electron chi connectivity index (χ0n) is 15.1. The third-order valence-electron chi connectivity index (χ3n) is 4.60. The van der Waals surface area contributed by atoms with Gasteiger partial charge in [-0.2, -0.15) is 0 Å². The van der Waals surface area contributed by atoms with Crippen LogP contribution in [0.3, 0.4) is 0 Å². The fourth-order valence-corrected chi connectivity index (χ4v) is 3.45. The summed E-state index contributed by atoms with van der Waals surface area (Å²) in [5.74, 6) is 0. The van der Waals surface area contributed by atoms with Crippen LogP contribution in [0.4, 0.5) is 10.5 Å². The summed E-state index contributed by atoms with van der Waals surface area (Å²) >= 11 is 0. The lowest BCUT2D eigenvalue weighted by Gasteiger charge is -2.28. The Balaban J connectivity index is 1.73. The number of anilines is 1. The maximum Gasteiger partial charge on any atom is 0.414 e. The smallest absolute Gasteiger partial charge is 0.414 e. The molecule has 0 bridgehead atoms. The van der Waals surface area contributed by atoms with E-state index in [1.165, 1.54) is 11.1 Å². The van der Waals surface area contributed by atoms with Crippen molar-refractivity contribution in [3.05, 3.63) is 29.3 Å². The minimum Gasteiger partial charge on any atom is -0.443 e. The van der Waals surface area contributed by atoms with Crippen molar-refractivity contribution in [2.24, 2.45) is 0 Å². The first-order valence-corrected chi connectivity index (χ1v) is 8.98. The van der Waals surface area contributed by atoms with E-state index in [9.17, 15) is 4.79 Å². The summed E-state index contributed by atoms with van der Waals surface area (Å²) in [4.78, 5) is 16.9. The molecule has 5 heteroatoms. The molecule has 1 amide bonds. The topological polar surface area (TPSA) is 44.8 Å². The first kappa shape index (κ1) is 17.2. The van der Waals surface area contributed by atoms with Crippen molar-refractivity contribution in [1.29, 1.82) is 0 Å². The molecule has 2 aliphatic rings. The van der Waals surface area contributed by atoms with Gasteiger partial charge in [0.15, 0.2) is 0 Å². The third-order valence-corrected chi connectivity index (χ3v) is 4.60. The van der Waals surface area contributed by atoms with Crippen molar-refractivity contribution >= 4 is 11.8 Å². The standard InChI is InChI=1S/C19H29N3O2/c1-19(2,3)24-18(23)22-12-8-16-6-4-5-15(17(16)22)7-11-21-13-9-20-10-14-21/h4-6,20H,7-14H2,1-3H3. The van der Waals surface area contributed by atoms with E-state index in [-0.39, 0.29) is 6.09 Å². The molecule has 1 aromatic rings. The van der Waals surface area contributed by atoms with E-state index in [1.54, 1.807) is 0 Å². The van der Waals surface area contributed by atoms with Gasteiger partial charge in [-0.1, -0.05) is 18.2 Å². The van der Waals surface area contributed by atoms with Crippen LogP contribution in [0.15, 0.2) is 18.2 Å². The second kappa shape index (κ2) is 7.11. The number of amides is 1. The molecule has 0 atom stereocenters. The molecule has 1 fully saturated rings. The van der Waals surface area contributed by atoms with Gasteiger partial charge in [0.1, 0.15) is 5.60 Å². The van der Waals surface area contributed by atoms with Gasteiger partial charge in [-0.3, -0.25) is 4.90 Å². The number of nitrogens with zero attached hydrogens (tertiary/aromatic N) is 2. The summed E-state index contributed by atoms with van der Waals surface area (Å²) < 4.78 is 5.60. The summed E-state index contributed by atoms with van der Waals surface area (Å²) in [5.41, 5.74) is 3.14. The number of nitrogens with one attached hydrogen (secondary N) is 1. The molecule has 5 nitrogen and oxygen atoms in total. The number of para-hydroxylation sites is 1. The van der Waals surface area contributed by atoms with Gasteiger partial charge in [-0.25, -0.2) is 4.79 Å². The van der Waals surface area contributed by atoms with Crippen LogP contribution in [0.2, 0.25) is 0 Å². The molecule has 0 saturated carbocycles. The summed E-state index contributed by atoms with van der Waals surface area (Å²) in [7, 11) is 0. The van der Waals surface area contributed by atoms with Crippen LogP contribution in [0.1, 0.15) is 31.9 Å². The fraction of sp³-hybridized carbons (Fsp3) is 0.632. The molecule has 132 valence electrons. The predicted octanol–water partition coefficient (Wildman–Crippen LogP) is 2.43. The summed E-state index contributed by atoms with van der Waals surface area (Å²) in [6, 6.07) is 6.41. The van der Waals surface area contributed by atoms with E-state index in [2.05, 4.69) is 28.4 Å². The van der Waals surface area contributed by atoms with E-state index in [0.717, 1.165) is 57.8 Å². The second-order valence-electron chi connectivity index (χ2n) is 7.65. The van der Waals surface area contributed by atoms with Crippen LogP contribution >= 0.6 is 0 Å². The van der Waals surface area contributed by atoms with Crippen LogP contribution in [0, 0.1) is 0 Å². The molecule has 0 spiro atoms. The Morgan fingerprint density at radius 3 is 2.67 bits per heavy atom. The molecule has 0 aliphatic carbocycles. The van der Waals surface area contributed by atoms with Crippen molar-refractivity contribution in [1.82, 2.24) is 10.2 Å². The van der Waals surface area contributed by atoms with Gasteiger partial charge in [-0.15, -0.1) is 0 Å². The Morgan fingerprint density at radius 1 is 1.21 bits per heavy atom. The highest BCUT2D eigenvalue weighted by Gasteiger charge is 2.30. The van der Waals surface area contributed by atoms with Gasteiger partial charge in [0, 0.05) is 39.3 Å². The number of rotatable bonds is 3. The molecular formula is C19H29N3O2. The normalized spacial score (nSPS) is 18.5. The molecular weight excluding hydrogens is 302 g/mol. The van der Waals surface area contributed by atoms with Gasteiger partial charge < -0.3 is 15.0 Å². The first-order chi connectivity index (χ1) is 11.4. The van der Waals surface area contributed by atoms with E-state index >= 15 is 0 Å². The third kappa shape index (κ3) is 4.08. The zero-order valence-corrected chi connectivity index (χ0v) is 15.1. The minimum absolute atomic E-state index is 0.226. The zero-order chi connectivity index (χ0) is 17.2. The monoisotopic (exact) mass is 331 g/mol. The highest BCUT2D eigenvalue weighted by atomic mass is 16.6. The van der Waals surface area contributed by atoms with E-state index in [4.69, 9.17) is 4.74 Å². The molecule has 3 rings (SSSR count). The highest BCUT2D eigenvalue weighted by molar-refractivity contribution is 5.91. The first-order valence-electron chi connectivity index (χ1n) is 8.98. The Bertz CT molecular complexity index is 589. The highest BCUT2D eigenvalue weighted by Crippen LogP contribution is 2.33. The largest absolute Gasteiger partial charge is 0.443 e. The second-order valence-corrected chi connectivity index (χ2v) is 7.65. The lowest BCUT2D eigenvalue weighted by molar-refractivity contribution is 0.0583. The maximum absolute atomic E-state index is 12.6. The average molecular weight is 331 g/mol. The Kier molecular flexibility index (Phi) is 5.11. The van der Waals surface area contributed by atoms with Crippen molar-refractivity contribution in [2.45, 2.75) is 39.2 Å². The van der Waals surface area contributed by atoms with Crippen LogP contribution in [0.25, 0.3) is 0 Å². The summed E-state index contributed by atoms with van der Waals surface area (Å²) in [6.45, 7) is 11.8. The van der Waals surface area contributed by atoms with E-state index in [0.29, 0.717) is 0 Å². The van der Waals surface area contributed by atoms with Gasteiger partial charge >= 0.3 is 6.09 Å². The van der Waals surface area contributed by atoms with Crippen molar-refractivity contribution in [3.63, 3.8) is 0 Å². The number of piperazine rings is 1. The molecule has 2 aliphatic heterocycles. The molecule has 0 unspecified atom stereocenters. The maximum atomic E-state index is 12.6. The molecule has 0 aromatic heterocycles. The summed E-state index contributed by atoms with van der Waals surface area (Å²) in [6.07, 6.45) is 1.66. The van der Waals surface area contributed by atoms with Crippen LogP contribution in [-0.4, -0.2) is 55.9 Å². The van der Waals surface area contributed by atoms with Crippen molar-refractivity contribution in [3.8, 4) is 0 Å². The van der Waals surface area contributed by atoms with Crippen molar-refractivity contribution in [2.75, 3.05) is 44.2 Å². The van der Waals surface area contributed by atoms with Crippen molar-refractivity contribution < 1.29 is 9.53 Å². The molecule has 1 N–H and O–H groups in total. The lowest BCUT2D eigenvalue weighted by Crippen LogP contribution is -2.44.